The van der Waals surface area contributed by atoms with Crippen LogP contribution in [0.5, 0.6) is 0 Å². The number of nitrogens with one attached hydrogen (secondary N) is 1. The highest BCUT2D eigenvalue weighted by Gasteiger charge is 2.11. The molecular formula is C18H22N2O. The van der Waals surface area contributed by atoms with Gasteiger partial charge in [0.15, 0.2) is 0 Å². The number of carbonyl (C=O) groups excluding carboxylic acids is 1. The van der Waals surface area contributed by atoms with Gasteiger partial charge in [0.1, 0.15) is 0 Å². The van der Waals surface area contributed by atoms with Gasteiger partial charge in [-0.2, -0.15) is 0 Å². The van der Waals surface area contributed by atoms with Crippen molar-refractivity contribution in [2.24, 2.45) is 5.73 Å². The fourth-order valence-electron chi connectivity index (χ4n) is 2.33. The maximum absolute atomic E-state index is 12.0. The van der Waals surface area contributed by atoms with Crippen LogP contribution in [0.1, 0.15) is 34.7 Å². The molecule has 3 nitrogen and oxygen atoms in total. The lowest BCUT2D eigenvalue weighted by molar-refractivity contribution is -0.121. The third-order valence-corrected chi connectivity index (χ3v) is 3.61. The van der Waals surface area contributed by atoms with Crippen molar-refractivity contribution in [1.82, 2.24) is 5.32 Å². The first kappa shape index (κ1) is 15.3. The molecule has 1 amide bonds. The smallest absolute Gasteiger partial charge is 0.222 e. The number of carbonyl (C=O) groups is 1. The fourth-order valence-corrected chi connectivity index (χ4v) is 2.33. The van der Waals surface area contributed by atoms with E-state index in [9.17, 15) is 4.79 Å². The minimum Gasteiger partial charge on any atom is -0.352 e. The molecule has 0 radical (unpaired) electrons. The van der Waals surface area contributed by atoms with Crippen LogP contribution in [0.4, 0.5) is 0 Å². The lowest BCUT2D eigenvalue weighted by Gasteiger charge is -2.13. The molecule has 2 aromatic carbocycles. The van der Waals surface area contributed by atoms with E-state index in [1.165, 1.54) is 11.1 Å². The highest BCUT2D eigenvalue weighted by Crippen LogP contribution is 2.14. The summed E-state index contributed by atoms with van der Waals surface area (Å²) in [5.41, 5.74) is 10.6. The Balaban J connectivity index is 1.87. The molecule has 1 atom stereocenters. The number of rotatable bonds is 5. The molecule has 1 unspecified atom stereocenters. The molecule has 0 heterocycles. The Labute approximate surface area is 126 Å². The molecule has 0 aromatic heterocycles. The predicted molar refractivity (Wildman–Crippen MR) is 85.8 cm³/mol. The van der Waals surface area contributed by atoms with Gasteiger partial charge >= 0.3 is 0 Å². The molecule has 0 spiro atoms. The zero-order chi connectivity index (χ0) is 15.2. The van der Waals surface area contributed by atoms with E-state index in [2.05, 4.69) is 37.4 Å². The van der Waals surface area contributed by atoms with E-state index >= 15 is 0 Å². The van der Waals surface area contributed by atoms with Crippen molar-refractivity contribution in [3.8, 4) is 0 Å². The molecule has 0 saturated carbocycles. The Morgan fingerprint density at radius 2 is 1.86 bits per heavy atom. The third kappa shape index (κ3) is 4.43. The van der Waals surface area contributed by atoms with Gasteiger partial charge in [0, 0.05) is 19.0 Å². The molecule has 3 N–H and O–H groups in total. The first-order chi connectivity index (χ1) is 10.1. The van der Waals surface area contributed by atoms with Crippen molar-refractivity contribution in [3.05, 3.63) is 70.8 Å². The summed E-state index contributed by atoms with van der Waals surface area (Å²) in [6, 6.07) is 15.7. The quantitative estimate of drug-likeness (QED) is 0.885. The number of benzene rings is 2. The van der Waals surface area contributed by atoms with Gasteiger partial charge in [-0.1, -0.05) is 54.1 Å². The van der Waals surface area contributed by atoms with Crippen molar-refractivity contribution in [3.63, 3.8) is 0 Å². The van der Waals surface area contributed by atoms with Crippen LogP contribution in [-0.2, 0) is 11.3 Å². The molecule has 3 heteroatoms. The summed E-state index contributed by atoms with van der Waals surface area (Å²) in [5, 5.41) is 2.94. The summed E-state index contributed by atoms with van der Waals surface area (Å²) in [4.78, 5) is 12.0. The van der Waals surface area contributed by atoms with Crippen molar-refractivity contribution >= 4 is 5.91 Å². The van der Waals surface area contributed by atoms with Crippen LogP contribution >= 0.6 is 0 Å². The standard InChI is InChI=1S/C18H22N2O/c1-13-8-9-16(14(2)10-13)12-20-18(21)11-17(19)15-6-4-3-5-7-15/h3-10,17H,11-12,19H2,1-2H3,(H,20,21). The summed E-state index contributed by atoms with van der Waals surface area (Å²) in [6.07, 6.45) is 0.301. The zero-order valence-corrected chi connectivity index (χ0v) is 12.6. The average Bonchev–Trinajstić information content (AvgIpc) is 2.47. The maximum atomic E-state index is 12.0. The molecule has 0 saturated heterocycles. The Hall–Kier alpha value is -2.13. The monoisotopic (exact) mass is 282 g/mol. The molecule has 0 aliphatic rings. The molecule has 21 heavy (non-hydrogen) atoms. The number of nitrogens with two attached hydrogens (primary N) is 1. The topological polar surface area (TPSA) is 55.1 Å². The first-order valence-corrected chi connectivity index (χ1v) is 7.19. The Morgan fingerprint density at radius 1 is 1.14 bits per heavy atom. The predicted octanol–water partition coefficient (Wildman–Crippen LogP) is 3.01. The van der Waals surface area contributed by atoms with Gasteiger partial charge < -0.3 is 11.1 Å². The Kier molecular flexibility index (Phi) is 5.12. The number of aryl methyl sites for hydroxylation is 2. The van der Waals surface area contributed by atoms with E-state index in [0.29, 0.717) is 13.0 Å². The van der Waals surface area contributed by atoms with Crippen LogP contribution < -0.4 is 11.1 Å². The lowest BCUT2D eigenvalue weighted by atomic mass is 10.0. The summed E-state index contributed by atoms with van der Waals surface area (Å²) in [7, 11) is 0. The van der Waals surface area contributed by atoms with E-state index in [-0.39, 0.29) is 11.9 Å². The van der Waals surface area contributed by atoms with Gasteiger partial charge in [0.25, 0.3) is 0 Å². The highest BCUT2D eigenvalue weighted by molar-refractivity contribution is 5.76. The molecule has 2 aromatic rings. The van der Waals surface area contributed by atoms with Crippen LogP contribution in [0.3, 0.4) is 0 Å². The van der Waals surface area contributed by atoms with Gasteiger partial charge in [-0.05, 0) is 30.5 Å². The molecule has 2 rings (SSSR count). The first-order valence-electron chi connectivity index (χ1n) is 7.19. The molecule has 0 bridgehead atoms. The summed E-state index contributed by atoms with van der Waals surface area (Å²) in [5.74, 6) is -0.0219. The second kappa shape index (κ2) is 7.04. The van der Waals surface area contributed by atoms with Crippen molar-refractivity contribution in [2.75, 3.05) is 0 Å². The maximum Gasteiger partial charge on any atom is 0.222 e. The van der Waals surface area contributed by atoms with E-state index in [1.807, 2.05) is 30.3 Å². The van der Waals surface area contributed by atoms with E-state index < -0.39 is 0 Å². The van der Waals surface area contributed by atoms with E-state index in [0.717, 1.165) is 11.1 Å². The fraction of sp³-hybridized carbons (Fsp3) is 0.278. The van der Waals surface area contributed by atoms with Crippen molar-refractivity contribution in [2.45, 2.75) is 32.9 Å². The van der Waals surface area contributed by atoms with E-state index in [4.69, 9.17) is 5.73 Å². The minimum atomic E-state index is -0.259. The molecule has 0 aliphatic carbocycles. The average molecular weight is 282 g/mol. The van der Waals surface area contributed by atoms with Crippen LogP contribution in [0.2, 0.25) is 0 Å². The summed E-state index contributed by atoms with van der Waals surface area (Å²) < 4.78 is 0. The van der Waals surface area contributed by atoms with Gasteiger partial charge in [0.05, 0.1) is 0 Å². The summed E-state index contributed by atoms with van der Waals surface area (Å²) >= 11 is 0. The highest BCUT2D eigenvalue weighted by atomic mass is 16.1. The molecular weight excluding hydrogens is 260 g/mol. The van der Waals surface area contributed by atoms with Crippen LogP contribution in [0, 0.1) is 13.8 Å². The van der Waals surface area contributed by atoms with Crippen LogP contribution in [-0.4, -0.2) is 5.91 Å². The Morgan fingerprint density at radius 3 is 2.52 bits per heavy atom. The van der Waals surface area contributed by atoms with Gasteiger partial charge in [-0.3, -0.25) is 4.79 Å². The lowest BCUT2D eigenvalue weighted by Crippen LogP contribution is -2.27. The number of hydrogen-bond donors (Lipinski definition) is 2. The van der Waals surface area contributed by atoms with Gasteiger partial charge in [0.2, 0.25) is 5.91 Å². The number of amides is 1. The van der Waals surface area contributed by atoms with Crippen LogP contribution in [0.15, 0.2) is 48.5 Å². The van der Waals surface area contributed by atoms with Crippen molar-refractivity contribution < 1.29 is 4.79 Å². The second-order valence-corrected chi connectivity index (χ2v) is 5.43. The van der Waals surface area contributed by atoms with Gasteiger partial charge in [-0.25, -0.2) is 0 Å². The second-order valence-electron chi connectivity index (χ2n) is 5.43. The normalized spacial score (nSPS) is 12.0. The van der Waals surface area contributed by atoms with Crippen molar-refractivity contribution in [1.29, 1.82) is 0 Å². The van der Waals surface area contributed by atoms with Gasteiger partial charge in [-0.15, -0.1) is 0 Å². The molecule has 0 fully saturated rings. The zero-order valence-electron chi connectivity index (χ0n) is 12.6. The van der Waals surface area contributed by atoms with E-state index in [1.54, 1.807) is 0 Å². The third-order valence-electron chi connectivity index (χ3n) is 3.61. The Bertz CT molecular complexity index is 608. The summed E-state index contributed by atoms with van der Waals surface area (Å²) in [6.45, 7) is 4.67. The number of hydrogen-bond acceptors (Lipinski definition) is 2. The largest absolute Gasteiger partial charge is 0.352 e. The molecule has 110 valence electrons. The minimum absolute atomic E-state index is 0.0219. The van der Waals surface area contributed by atoms with Crippen LogP contribution in [0.25, 0.3) is 0 Å². The molecule has 0 aliphatic heterocycles. The SMILES string of the molecule is Cc1ccc(CNC(=O)CC(N)c2ccccc2)c(C)c1.